The number of hydrogen-bond donors (Lipinski definition) is 0. The fourth-order valence-corrected chi connectivity index (χ4v) is 1.83. The van der Waals surface area contributed by atoms with Gasteiger partial charge in [-0.05, 0) is 41.3 Å². The molecule has 0 radical (unpaired) electrons. The van der Waals surface area contributed by atoms with Gasteiger partial charge >= 0.3 is 0 Å². The molecule has 1 aliphatic rings. The Balaban J connectivity index is 2.14. The van der Waals surface area contributed by atoms with Crippen LogP contribution in [0.25, 0.3) is 0 Å². The normalized spacial score (nSPS) is 15.8. The number of hydrogen-bond acceptors (Lipinski definition) is 3. The third-order valence-electron chi connectivity index (χ3n) is 2.47. The van der Waals surface area contributed by atoms with Crippen LogP contribution >= 0.6 is 15.9 Å². The molecule has 0 unspecified atom stereocenters. The molecule has 0 saturated heterocycles. The molecule has 1 fully saturated rings. The maximum Gasteiger partial charge on any atom is 0.270 e. The fourth-order valence-electron chi connectivity index (χ4n) is 1.37. The van der Waals surface area contributed by atoms with Crippen molar-refractivity contribution in [1.29, 1.82) is 0 Å². The molecular weight excluding hydrogens is 262 g/mol. The van der Waals surface area contributed by atoms with Gasteiger partial charge < -0.3 is 4.74 Å². The molecule has 1 aromatic rings. The lowest BCUT2D eigenvalue weighted by molar-refractivity contribution is -0.385. The van der Waals surface area contributed by atoms with Crippen molar-refractivity contribution in [3.05, 3.63) is 32.8 Å². The van der Waals surface area contributed by atoms with Crippen molar-refractivity contribution in [3.63, 3.8) is 0 Å². The summed E-state index contributed by atoms with van der Waals surface area (Å²) in [5, 5.41) is 10.5. The number of non-ortho nitro benzene ring substituents is 1. The highest BCUT2D eigenvalue weighted by molar-refractivity contribution is 9.10. The van der Waals surface area contributed by atoms with E-state index in [1.165, 1.54) is 18.6 Å². The summed E-state index contributed by atoms with van der Waals surface area (Å²) in [7, 11) is 0. The summed E-state index contributed by atoms with van der Waals surface area (Å²) in [5.74, 6) is 0.685. The molecule has 0 heterocycles. The summed E-state index contributed by atoms with van der Waals surface area (Å²) in [6.07, 6.45) is 3.63. The first-order chi connectivity index (χ1) is 7.16. The van der Waals surface area contributed by atoms with E-state index in [2.05, 4.69) is 15.9 Å². The van der Waals surface area contributed by atoms with Crippen molar-refractivity contribution < 1.29 is 9.66 Å². The summed E-state index contributed by atoms with van der Waals surface area (Å²) in [6.45, 7) is 0. The van der Waals surface area contributed by atoms with Crippen LogP contribution in [0.2, 0.25) is 0 Å². The highest BCUT2D eigenvalue weighted by Gasteiger charge is 2.20. The van der Waals surface area contributed by atoms with Crippen LogP contribution in [0.1, 0.15) is 19.3 Å². The molecule has 0 N–H and O–H groups in total. The molecule has 0 amide bonds. The van der Waals surface area contributed by atoms with E-state index in [0.29, 0.717) is 10.2 Å². The molecule has 1 aromatic carbocycles. The third-order valence-corrected chi connectivity index (χ3v) is 3.09. The zero-order chi connectivity index (χ0) is 10.8. The van der Waals surface area contributed by atoms with Gasteiger partial charge in [-0.1, -0.05) is 0 Å². The van der Waals surface area contributed by atoms with Gasteiger partial charge in [-0.3, -0.25) is 10.1 Å². The topological polar surface area (TPSA) is 52.4 Å². The Hall–Kier alpha value is -1.10. The predicted octanol–water partition coefficient (Wildman–Crippen LogP) is 3.29. The Labute approximate surface area is 95.5 Å². The minimum atomic E-state index is -0.419. The Kier molecular flexibility index (Phi) is 2.90. The van der Waals surface area contributed by atoms with Crippen LogP contribution in [0, 0.1) is 10.1 Å². The first kappa shape index (κ1) is 10.4. The van der Waals surface area contributed by atoms with E-state index in [0.717, 1.165) is 12.8 Å². The van der Waals surface area contributed by atoms with Crippen LogP contribution in [0.5, 0.6) is 5.75 Å². The van der Waals surface area contributed by atoms with Gasteiger partial charge in [-0.15, -0.1) is 0 Å². The first-order valence-electron chi connectivity index (χ1n) is 4.77. The van der Waals surface area contributed by atoms with E-state index >= 15 is 0 Å². The molecule has 1 aliphatic carbocycles. The lowest BCUT2D eigenvalue weighted by atomic mass is 9.96. The smallest absolute Gasteiger partial charge is 0.270 e. The van der Waals surface area contributed by atoms with E-state index in [4.69, 9.17) is 4.74 Å². The van der Waals surface area contributed by atoms with Crippen LogP contribution in [0.3, 0.4) is 0 Å². The van der Waals surface area contributed by atoms with Gasteiger partial charge in [0.2, 0.25) is 0 Å². The fraction of sp³-hybridized carbons (Fsp3) is 0.400. The van der Waals surface area contributed by atoms with E-state index in [1.54, 1.807) is 6.07 Å². The summed E-state index contributed by atoms with van der Waals surface area (Å²) in [6, 6.07) is 4.56. The molecule has 15 heavy (non-hydrogen) atoms. The molecule has 0 aromatic heterocycles. The number of rotatable bonds is 3. The van der Waals surface area contributed by atoms with Crippen molar-refractivity contribution in [3.8, 4) is 5.75 Å². The zero-order valence-electron chi connectivity index (χ0n) is 7.98. The van der Waals surface area contributed by atoms with Crippen molar-refractivity contribution in [2.75, 3.05) is 0 Å². The minimum absolute atomic E-state index is 0.0721. The number of nitro groups is 1. The predicted molar refractivity (Wildman–Crippen MR) is 59.1 cm³/mol. The van der Waals surface area contributed by atoms with Crippen molar-refractivity contribution in [2.45, 2.75) is 25.4 Å². The standard InChI is InChI=1S/C10H10BrNO3/c11-9-6-7(12(13)14)4-5-10(9)15-8-2-1-3-8/h4-6,8H,1-3H2. The molecule has 0 bridgehead atoms. The number of halogens is 1. The molecule has 4 nitrogen and oxygen atoms in total. The van der Waals surface area contributed by atoms with Crippen LogP contribution < -0.4 is 4.74 Å². The van der Waals surface area contributed by atoms with Gasteiger partial charge in [0.05, 0.1) is 15.5 Å². The molecule has 0 atom stereocenters. The average molecular weight is 272 g/mol. The third kappa shape index (κ3) is 2.28. The highest BCUT2D eigenvalue weighted by Crippen LogP contribution is 2.33. The summed E-state index contributed by atoms with van der Waals surface area (Å²) < 4.78 is 6.29. The van der Waals surface area contributed by atoms with Gasteiger partial charge in [0, 0.05) is 12.1 Å². The maximum atomic E-state index is 10.5. The van der Waals surface area contributed by atoms with E-state index in [-0.39, 0.29) is 11.8 Å². The Morgan fingerprint density at radius 1 is 1.47 bits per heavy atom. The minimum Gasteiger partial charge on any atom is -0.489 e. The number of nitrogens with zero attached hydrogens (tertiary/aromatic N) is 1. The molecule has 2 rings (SSSR count). The lowest BCUT2D eigenvalue weighted by Crippen LogP contribution is -2.24. The maximum absolute atomic E-state index is 10.5. The Morgan fingerprint density at radius 3 is 2.67 bits per heavy atom. The Bertz CT molecular complexity index is 390. The van der Waals surface area contributed by atoms with Crippen molar-refractivity contribution >= 4 is 21.6 Å². The average Bonchev–Trinajstić information content (AvgIpc) is 2.12. The second-order valence-corrected chi connectivity index (χ2v) is 4.40. The van der Waals surface area contributed by atoms with Gasteiger partial charge in [-0.2, -0.15) is 0 Å². The van der Waals surface area contributed by atoms with Gasteiger partial charge in [0.15, 0.2) is 0 Å². The molecule has 5 heteroatoms. The largest absolute Gasteiger partial charge is 0.489 e. The summed E-state index contributed by atoms with van der Waals surface area (Å²) in [5.41, 5.74) is 0.0721. The summed E-state index contributed by atoms with van der Waals surface area (Å²) in [4.78, 5) is 10.1. The van der Waals surface area contributed by atoms with E-state index in [1.807, 2.05) is 0 Å². The SMILES string of the molecule is O=[N+]([O-])c1ccc(OC2CCC2)c(Br)c1. The quantitative estimate of drug-likeness (QED) is 0.626. The Morgan fingerprint density at radius 2 is 2.20 bits per heavy atom. The number of ether oxygens (including phenoxy) is 1. The van der Waals surface area contributed by atoms with E-state index < -0.39 is 4.92 Å². The first-order valence-corrected chi connectivity index (χ1v) is 5.57. The zero-order valence-corrected chi connectivity index (χ0v) is 9.57. The summed E-state index contributed by atoms with van der Waals surface area (Å²) >= 11 is 3.27. The van der Waals surface area contributed by atoms with Crippen LogP contribution in [-0.4, -0.2) is 11.0 Å². The van der Waals surface area contributed by atoms with Crippen LogP contribution in [0.4, 0.5) is 5.69 Å². The number of benzene rings is 1. The molecular formula is C10H10BrNO3. The van der Waals surface area contributed by atoms with Gasteiger partial charge in [-0.25, -0.2) is 0 Å². The van der Waals surface area contributed by atoms with Gasteiger partial charge in [0.1, 0.15) is 5.75 Å². The van der Waals surface area contributed by atoms with Crippen molar-refractivity contribution in [1.82, 2.24) is 0 Å². The van der Waals surface area contributed by atoms with Crippen molar-refractivity contribution in [2.24, 2.45) is 0 Å². The second kappa shape index (κ2) is 4.18. The molecule has 0 aliphatic heterocycles. The van der Waals surface area contributed by atoms with E-state index in [9.17, 15) is 10.1 Å². The number of nitro benzene ring substituents is 1. The molecule has 80 valence electrons. The highest BCUT2D eigenvalue weighted by atomic mass is 79.9. The molecule has 0 spiro atoms. The van der Waals surface area contributed by atoms with Crippen LogP contribution in [0.15, 0.2) is 22.7 Å². The van der Waals surface area contributed by atoms with Gasteiger partial charge in [0.25, 0.3) is 5.69 Å². The monoisotopic (exact) mass is 271 g/mol. The second-order valence-electron chi connectivity index (χ2n) is 3.54. The van der Waals surface area contributed by atoms with Crippen LogP contribution in [-0.2, 0) is 0 Å². The lowest BCUT2D eigenvalue weighted by Gasteiger charge is -2.26. The molecule has 1 saturated carbocycles.